The van der Waals surface area contributed by atoms with Crippen LogP contribution < -0.4 is 0 Å². The summed E-state index contributed by atoms with van der Waals surface area (Å²) in [6, 6.07) is 2.02. The van der Waals surface area contributed by atoms with Gasteiger partial charge in [-0.25, -0.2) is 4.39 Å². The molecule has 0 bridgehead atoms. The second kappa shape index (κ2) is 3.43. The van der Waals surface area contributed by atoms with Crippen LogP contribution in [-0.2, 0) is 6.18 Å². The van der Waals surface area contributed by atoms with Crippen LogP contribution in [0.5, 0.6) is 0 Å². The van der Waals surface area contributed by atoms with Crippen molar-refractivity contribution in [2.75, 3.05) is 0 Å². The molecule has 0 nitrogen and oxygen atoms in total. The first-order valence-corrected chi connectivity index (χ1v) is 4.43. The van der Waals surface area contributed by atoms with Crippen LogP contribution in [0.25, 0.3) is 0 Å². The highest BCUT2D eigenvalue weighted by Crippen LogP contribution is 2.34. The fourth-order valence-electron chi connectivity index (χ4n) is 0.931. The fraction of sp³-hybridized carbons (Fsp3) is 0.250. The average molecular weight is 304 g/mol. The summed E-state index contributed by atoms with van der Waals surface area (Å²) in [5, 5.41) is 0. The topological polar surface area (TPSA) is 0 Å². The Hall–Kier alpha value is -0.330. The molecule has 0 aromatic heterocycles. The van der Waals surface area contributed by atoms with Gasteiger partial charge in [-0.15, -0.1) is 0 Å². The summed E-state index contributed by atoms with van der Waals surface area (Å²) >= 11 is 1.35. The minimum atomic E-state index is -4.48. The van der Waals surface area contributed by atoms with Crippen molar-refractivity contribution in [3.63, 3.8) is 0 Å². The molecule has 0 radical (unpaired) electrons. The van der Waals surface area contributed by atoms with E-state index in [1.165, 1.54) is 29.5 Å². The van der Waals surface area contributed by atoms with E-state index in [0.29, 0.717) is 0 Å². The molecule has 1 aromatic rings. The second-order valence-electron chi connectivity index (χ2n) is 2.61. The molecule has 5 heteroatoms. The first-order valence-electron chi connectivity index (χ1n) is 3.35. The number of hydrogen-bond donors (Lipinski definition) is 0. The smallest absolute Gasteiger partial charge is 0.206 e. The molecule has 0 spiro atoms. The van der Waals surface area contributed by atoms with Gasteiger partial charge in [0.15, 0.2) is 0 Å². The third kappa shape index (κ3) is 2.32. The van der Waals surface area contributed by atoms with E-state index >= 15 is 0 Å². The van der Waals surface area contributed by atoms with Crippen molar-refractivity contribution in [3.8, 4) is 0 Å². The number of aryl methyl sites for hydroxylation is 1. The Morgan fingerprint density at radius 2 is 1.77 bits per heavy atom. The first kappa shape index (κ1) is 10.7. The normalized spacial score (nSPS) is 11.8. The summed E-state index contributed by atoms with van der Waals surface area (Å²) in [6.07, 6.45) is -4.48. The second-order valence-corrected chi connectivity index (χ2v) is 3.68. The van der Waals surface area contributed by atoms with Gasteiger partial charge >= 0.3 is 6.18 Å². The van der Waals surface area contributed by atoms with Crippen LogP contribution in [0.1, 0.15) is 11.1 Å². The van der Waals surface area contributed by atoms with E-state index in [1.807, 2.05) is 0 Å². The Morgan fingerprint density at radius 1 is 1.23 bits per heavy atom. The summed E-state index contributed by atoms with van der Waals surface area (Å²) in [5.41, 5.74) is -0.643. The molecule has 1 rings (SSSR count). The minimum absolute atomic E-state index is 0.269. The molecule has 0 unspecified atom stereocenters. The summed E-state index contributed by atoms with van der Waals surface area (Å²) in [4.78, 5) is 0. The van der Waals surface area contributed by atoms with Crippen LogP contribution in [0.4, 0.5) is 17.6 Å². The van der Waals surface area contributed by atoms with E-state index in [0.717, 1.165) is 12.1 Å². The Labute approximate surface area is 86.1 Å². The van der Waals surface area contributed by atoms with Crippen molar-refractivity contribution >= 4 is 22.6 Å². The lowest BCUT2D eigenvalue weighted by atomic mass is 10.1. The van der Waals surface area contributed by atoms with Crippen LogP contribution >= 0.6 is 22.6 Å². The highest BCUT2D eigenvalue weighted by Gasteiger charge is 2.34. The molecular weight excluding hydrogens is 299 g/mol. The molecule has 1 aromatic carbocycles. The first-order chi connectivity index (χ1) is 5.82. The number of benzene rings is 1. The lowest BCUT2D eigenvalue weighted by Gasteiger charge is -2.10. The van der Waals surface area contributed by atoms with Gasteiger partial charge in [-0.3, -0.25) is 0 Å². The Kier molecular flexibility index (Phi) is 2.84. The summed E-state index contributed by atoms with van der Waals surface area (Å²) in [5.74, 6) is -0.826. The Balaban J connectivity index is 3.37. The molecule has 0 aliphatic rings. The predicted molar refractivity (Wildman–Crippen MR) is 48.9 cm³/mol. The van der Waals surface area contributed by atoms with Crippen molar-refractivity contribution in [3.05, 3.63) is 32.6 Å². The fourth-order valence-corrected chi connectivity index (χ4v) is 1.55. The van der Waals surface area contributed by atoms with Gasteiger partial charge in [0.2, 0.25) is 0 Å². The van der Waals surface area contributed by atoms with Gasteiger partial charge in [0.1, 0.15) is 5.82 Å². The maximum Gasteiger partial charge on any atom is 0.417 e. The third-order valence-electron chi connectivity index (χ3n) is 1.48. The molecular formula is C8H5F4I. The van der Waals surface area contributed by atoms with Crippen LogP contribution in [0.2, 0.25) is 0 Å². The molecule has 0 saturated carbocycles. The molecule has 0 saturated heterocycles. The van der Waals surface area contributed by atoms with Gasteiger partial charge in [-0.05, 0) is 47.2 Å². The van der Waals surface area contributed by atoms with Crippen LogP contribution in [-0.4, -0.2) is 0 Å². The predicted octanol–water partition coefficient (Wildman–Crippen LogP) is 3.76. The summed E-state index contributed by atoms with van der Waals surface area (Å²) in [6.45, 7) is 1.42. The van der Waals surface area contributed by atoms with Crippen LogP contribution in [0, 0.1) is 16.3 Å². The molecule has 13 heavy (non-hydrogen) atoms. The number of hydrogen-bond acceptors (Lipinski definition) is 0. The standard InChI is InChI=1S/C8H5F4I/c1-4-2-5(8(10,11)12)7(13)6(9)3-4/h2-3H,1H3. The van der Waals surface area contributed by atoms with Crippen molar-refractivity contribution in [2.24, 2.45) is 0 Å². The zero-order chi connectivity index (χ0) is 10.2. The zero-order valence-corrected chi connectivity index (χ0v) is 8.70. The quantitative estimate of drug-likeness (QED) is 0.506. The number of halogens is 5. The minimum Gasteiger partial charge on any atom is -0.206 e. The van der Waals surface area contributed by atoms with Gasteiger partial charge in [0.25, 0.3) is 0 Å². The highest BCUT2D eigenvalue weighted by molar-refractivity contribution is 14.1. The van der Waals surface area contributed by atoms with Crippen molar-refractivity contribution in [2.45, 2.75) is 13.1 Å². The number of alkyl halides is 3. The molecule has 0 atom stereocenters. The maximum atomic E-state index is 12.9. The van der Waals surface area contributed by atoms with E-state index in [9.17, 15) is 17.6 Å². The van der Waals surface area contributed by atoms with Crippen LogP contribution in [0.15, 0.2) is 12.1 Å². The monoisotopic (exact) mass is 304 g/mol. The van der Waals surface area contributed by atoms with Crippen molar-refractivity contribution in [1.29, 1.82) is 0 Å². The molecule has 0 aliphatic carbocycles. The van der Waals surface area contributed by atoms with E-state index < -0.39 is 17.6 Å². The maximum absolute atomic E-state index is 12.9. The van der Waals surface area contributed by atoms with Crippen LogP contribution in [0.3, 0.4) is 0 Å². The van der Waals surface area contributed by atoms with E-state index in [-0.39, 0.29) is 9.13 Å². The van der Waals surface area contributed by atoms with E-state index in [4.69, 9.17) is 0 Å². The SMILES string of the molecule is Cc1cc(F)c(I)c(C(F)(F)F)c1. The molecule has 0 N–H and O–H groups in total. The van der Waals surface area contributed by atoms with Gasteiger partial charge < -0.3 is 0 Å². The lowest BCUT2D eigenvalue weighted by Crippen LogP contribution is -2.09. The summed E-state index contributed by atoms with van der Waals surface area (Å²) < 4.78 is 49.2. The summed E-state index contributed by atoms with van der Waals surface area (Å²) in [7, 11) is 0. The van der Waals surface area contributed by atoms with Gasteiger partial charge in [-0.1, -0.05) is 0 Å². The highest BCUT2D eigenvalue weighted by atomic mass is 127. The molecule has 72 valence electrons. The number of rotatable bonds is 0. The molecule has 0 heterocycles. The Bertz CT molecular complexity index is 330. The van der Waals surface area contributed by atoms with Gasteiger partial charge in [0.05, 0.1) is 9.13 Å². The van der Waals surface area contributed by atoms with Crippen molar-refractivity contribution in [1.82, 2.24) is 0 Å². The van der Waals surface area contributed by atoms with Crippen molar-refractivity contribution < 1.29 is 17.6 Å². The van der Waals surface area contributed by atoms with E-state index in [1.54, 1.807) is 0 Å². The average Bonchev–Trinajstić information content (AvgIpc) is 1.94. The van der Waals surface area contributed by atoms with Gasteiger partial charge in [0, 0.05) is 0 Å². The third-order valence-corrected chi connectivity index (χ3v) is 2.57. The zero-order valence-electron chi connectivity index (χ0n) is 6.54. The molecule has 0 amide bonds. The lowest BCUT2D eigenvalue weighted by molar-refractivity contribution is -0.138. The van der Waals surface area contributed by atoms with E-state index in [2.05, 4.69) is 0 Å². The largest absolute Gasteiger partial charge is 0.417 e. The molecule has 0 fully saturated rings. The molecule has 0 aliphatic heterocycles. The van der Waals surface area contributed by atoms with Gasteiger partial charge in [-0.2, -0.15) is 13.2 Å². The Morgan fingerprint density at radius 3 is 2.23 bits per heavy atom.